The van der Waals surface area contributed by atoms with Crippen molar-refractivity contribution in [2.45, 2.75) is 25.2 Å². The first-order valence-electron chi connectivity index (χ1n) is 6.93. The average molecular weight is 322 g/mol. The molecule has 0 fully saturated rings. The van der Waals surface area contributed by atoms with Crippen LogP contribution in [-0.2, 0) is 10.0 Å². The number of nitrogens with one attached hydrogen (secondary N) is 1. The molecule has 0 saturated carbocycles. The molecule has 1 N–H and O–H groups in total. The molecule has 1 aromatic heterocycles. The first-order valence-corrected chi connectivity index (χ1v) is 9.18. The molecule has 0 atom stereocenters. The Morgan fingerprint density at radius 1 is 1.24 bits per heavy atom. The van der Waals surface area contributed by atoms with Crippen LogP contribution < -0.4 is 9.62 Å². The fourth-order valence-electron chi connectivity index (χ4n) is 2.64. The molecule has 0 bridgehead atoms. The molecule has 3 rings (SSSR count). The van der Waals surface area contributed by atoms with Gasteiger partial charge in [0.25, 0.3) is 10.0 Å². The number of aryl methyl sites for hydroxylation is 2. The molecule has 1 aliphatic rings. The van der Waals surface area contributed by atoms with Gasteiger partial charge in [-0.05, 0) is 38.5 Å². The van der Waals surface area contributed by atoms with Gasteiger partial charge >= 0.3 is 0 Å². The smallest absolute Gasteiger partial charge is 0.265 e. The zero-order valence-corrected chi connectivity index (χ0v) is 13.7. The van der Waals surface area contributed by atoms with E-state index in [4.69, 9.17) is 0 Å². The molecule has 1 aliphatic heterocycles. The Labute approximate surface area is 129 Å². The highest BCUT2D eigenvalue weighted by Gasteiger charge is 2.30. The molecular formula is C15H18N2O2S2. The van der Waals surface area contributed by atoms with Crippen LogP contribution in [0.1, 0.15) is 16.2 Å². The van der Waals surface area contributed by atoms with E-state index >= 15 is 0 Å². The predicted molar refractivity (Wildman–Crippen MR) is 87.9 cm³/mol. The third-order valence-electron chi connectivity index (χ3n) is 3.59. The largest absolute Gasteiger partial charge is 0.383 e. The van der Waals surface area contributed by atoms with E-state index in [2.05, 4.69) is 5.32 Å². The number of fused-ring (bicyclic) bond motifs is 1. The highest BCUT2D eigenvalue weighted by atomic mass is 32.2. The summed E-state index contributed by atoms with van der Waals surface area (Å²) in [5, 5.41) is 3.29. The van der Waals surface area contributed by atoms with Crippen LogP contribution in [0.25, 0.3) is 0 Å². The van der Waals surface area contributed by atoms with E-state index in [0.29, 0.717) is 11.4 Å². The average Bonchev–Trinajstić information content (AvgIpc) is 2.68. The normalized spacial score (nSPS) is 15.2. The number of hydrogen-bond acceptors (Lipinski definition) is 4. The fraction of sp³-hybridized carbons (Fsp3) is 0.333. The second-order valence-corrected chi connectivity index (χ2v) is 8.44. The lowest BCUT2D eigenvalue weighted by Gasteiger charge is -2.24. The predicted octanol–water partition coefficient (Wildman–Crippen LogP) is 3.38. The van der Waals surface area contributed by atoms with Gasteiger partial charge in [0.2, 0.25) is 0 Å². The Morgan fingerprint density at radius 3 is 2.71 bits per heavy atom. The molecule has 0 amide bonds. The molecule has 2 aromatic rings. The molecule has 1 aromatic carbocycles. The first-order chi connectivity index (χ1) is 10.00. The Hall–Kier alpha value is -1.53. The molecule has 112 valence electrons. The number of sulfonamides is 1. The highest BCUT2D eigenvalue weighted by Crippen LogP contribution is 2.35. The van der Waals surface area contributed by atoms with Crippen molar-refractivity contribution in [3.63, 3.8) is 0 Å². The van der Waals surface area contributed by atoms with Crippen molar-refractivity contribution in [3.05, 3.63) is 40.1 Å². The lowest BCUT2D eigenvalue weighted by atomic mass is 10.2. The maximum atomic E-state index is 13.0. The van der Waals surface area contributed by atoms with E-state index in [-0.39, 0.29) is 0 Å². The van der Waals surface area contributed by atoms with E-state index in [1.54, 1.807) is 6.07 Å². The third kappa shape index (κ3) is 2.53. The SMILES string of the molecule is Cc1cc(S(=O)(=O)N2CCCNc3ccccc32)c(C)s1. The number of benzene rings is 1. The lowest BCUT2D eigenvalue weighted by Crippen LogP contribution is -2.31. The zero-order valence-electron chi connectivity index (χ0n) is 12.1. The van der Waals surface area contributed by atoms with Gasteiger partial charge in [-0.3, -0.25) is 4.31 Å². The van der Waals surface area contributed by atoms with Crippen molar-refractivity contribution < 1.29 is 8.42 Å². The minimum absolute atomic E-state index is 0.432. The summed E-state index contributed by atoms with van der Waals surface area (Å²) in [7, 11) is -3.50. The minimum atomic E-state index is -3.50. The molecule has 0 radical (unpaired) electrons. The lowest BCUT2D eigenvalue weighted by molar-refractivity contribution is 0.590. The molecular weight excluding hydrogens is 304 g/mol. The van der Waals surface area contributed by atoms with Crippen LogP contribution in [0.4, 0.5) is 11.4 Å². The standard InChI is InChI=1S/C15H18N2O2S2/c1-11-10-15(12(2)20-11)21(18,19)17-9-5-8-16-13-6-3-4-7-14(13)17/h3-4,6-7,10,16H,5,8-9H2,1-2H3. The van der Waals surface area contributed by atoms with Crippen molar-refractivity contribution in [3.8, 4) is 0 Å². The van der Waals surface area contributed by atoms with Gasteiger partial charge in [-0.15, -0.1) is 11.3 Å². The van der Waals surface area contributed by atoms with Gasteiger partial charge in [-0.25, -0.2) is 8.42 Å². The molecule has 0 spiro atoms. The van der Waals surface area contributed by atoms with Gasteiger partial charge in [-0.2, -0.15) is 0 Å². The van der Waals surface area contributed by atoms with Gasteiger partial charge in [-0.1, -0.05) is 12.1 Å². The third-order valence-corrected chi connectivity index (χ3v) is 6.62. The maximum absolute atomic E-state index is 13.0. The summed E-state index contributed by atoms with van der Waals surface area (Å²) in [5.74, 6) is 0. The maximum Gasteiger partial charge on any atom is 0.265 e. The Balaban J connectivity index is 2.13. The van der Waals surface area contributed by atoms with Gasteiger partial charge in [0.05, 0.1) is 11.4 Å². The van der Waals surface area contributed by atoms with Crippen molar-refractivity contribution in [1.82, 2.24) is 0 Å². The summed E-state index contributed by atoms with van der Waals surface area (Å²) in [6.45, 7) is 5.09. The Kier molecular flexibility index (Phi) is 3.67. The van der Waals surface area contributed by atoms with E-state index in [1.165, 1.54) is 15.6 Å². The van der Waals surface area contributed by atoms with E-state index < -0.39 is 10.0 Å². The number of anilines is 2. The van der Waals surface area contributed by atoms with Crippen molar-refractivity contribution in [2.24, 2.45) is 0 Å². The molecule has 4 nitrogen and oxygen atoms in total. The van der Waals surface area contributed by atoms with Crippen LogP contribution in [0.2, 0.25) is 0 Å². The van der Waals surface area contributed by atoms with Crippen LogP contribution in [0.15, 0.2) is 35.2 Å². The highest BCUT2D eigenvalue weighted by molar-refractivity contribution is 7.93. The summed E-state index contributed by atoms with van der Waals surface area (Å²) < 4.78 is 27.6. The molecule has 0 aliphatic carbocycles. The summed E-state index contributed by atoms with van der Waals surface area (Å²) in [6, 6.07) is 9.35. The number of para-hydroxylation sites is 2. The fourth-order valence-corrected chi connectivity index (χ4v) is 5.69. The second kappa shape index (κ2) is 5.35. The summed E-state index contributed by atoms with van der Waals surface area (Å²) in [4.78, 5) is 2.30. The molecule has 21 heavy (non-hydrogen) atoms. The summed E-state index contributed by atoms with van der Waals surface area (Å²) >= 11 is 1.53. The number of nitrogens with zero attached hydrogens (tertiary/aromatic N) is 1. The van der Waals surface area contributed by atoms with Gasteiger partial charge in [0.1, 0.15) is 4.90 Å². The van der Waals surface area contributed by atoms with E-state index in [9.17, 15) is 8.42 Å². The molecule has 0 unspecified atom stereocenters. The van der Waals surface area contributed by atoms with Crippen molar-refractivity contribution >= 4 is 32.7 Å². The Bertz CT molecular complexity index is 766. The first kappa shape index (κ1) is 14.4. The van der Waals surface area contributed by atoms with Gasteiger partial charge in [0, 0.05) is 22.8 Å². The zero-order chi connectivity index (χ0) is 15.0. The monoisotopic (exact) mass is 322 g/mol. The summed E-state index contributed by atoms with van der Waals surface area (Å²) in [6.07, 6.45) is 0.788. The van der Waals surface area contributed by atoms with Crippen LogP contribution in [0.3, 0.4) is 0 Å². The second-order valence-electron chi connectivity index (χ2n) is 5.15. The van der Waals surface area contributed by atoms with Gasteiger partial charge in [0.15, 0.2) is 0 Å². The van der Waals surface area contributed by atoms with Crippen LogP contribution in [-0.4, -0.2) is 21.5 Å². The van der Waals surface area contributed by atoms with Crippen LogP contribution >= 0.6 is 11.3 Å². The Morgan fingerprint density at radius 2 is 2.00 bits per heavy atom. The number of hydrogen-bond donors (Lipinski definition) is 1. The molecule has 6 heteroatoms. The molecule has 2 heterocycles. The van der Waals surface area contributed by atoms with Crippen molar-refractivity contribution in [2.75, 3.05) is 22.7 Å². The van der Waals surface area contributed by atoms with E-state index in [0.717, 1.165) is 34.1 Å². The van der Waals surface area contributed by atoms with Crippen LogP contribution in [0.5, 0.6) is 0 Å². The molecule has 0 saturated heterocycles. The van der Waals surface area contributed by atoms with Crippen molar-refractivity contribution in [1.29, 1.82) is 0 Å². The van der Waals surface area contributed by atoms with E-state index in [1.807, 2.05) is 38.1 Å². The topological polar surface area (TPSA) is 49.4 Å². The number of rotatable bonds is 2. The summed E-state index contributed by atoms with van der Waals surface area (Å²) in [5.41, 5.74) is 1.61. The van der Waals surface area contributed by atoms with Crippen LogP contribution in [0, 0.1) is 13.8 Å². The van der Waals surface area contributed by atoms with Gasteiger partial charge < -0.3 is 5.32 Å². The number of thiophene rings is 1. The minimum Gasteiger partial charge on any atom is -0.383 e. The quantitative estimate of drug-likeness (QED) is 0.922.